The van der Waals surface area contributed by atoms with Gasteiger partial charge in [-0.25, -0.2) is 23.7 Å². The Balaban J connectivity index is 1.59. The molecule has 0 bridgehead atoms. The highest BCUT2D eigenvalue weighted by molar-refractivity contribution is 7.15. The van der Waals surface area contributed by atoms with Gasteiger partial charge < -0.3 is 9.47 Å². The number of halogens is 2. The zero-order valence-corrected chi connectivity index (χ0v) is 19.9. The molecule has 4 heterocycles. The standard InChI is InChI=1S/C25H23F2N5OS/c1-12-25(33)31(3)11-19-21(30-24(32(12)19)14-7-8-14)15-5-4-6-18-16(15)9-17(23(26)27)22(29-18)20-10-28-13(2)34-20/h4-6,9-10,12,14,23H,7-8,11H2,1-3H3/t12-/m1/s1. The normalized spacial score (nSPS) is 18.2. The summed E-state index contributed by atoms with van der Waals surface area (Å²) < 4.78 is 30.5. The Morgan fingerprint density at radius 2 is 1.97 bits per heavy atom. The molecular weight excluding hydrogens is 456 g/mol. The lowest BCUT2D eigenvalue weighted by Gasteiger charge is -2.31. The number of aryl methyl sites for hydroxylation is 1. The topological polar surface area (TPSA) is 63.9 Å². The highest BCUT2D eigenvalue weighted by atomic mass is 32.1. The molecule has 2 aliphatic rings. The van der Waals surface area contributed by atoms with Gasteiger partial charge in [0.05, 0.1) is 39.0 Å². The number of amides is 1. The molecule has 4 aromatic rings. The van der Waals surface area contributed by atoms with E-state index in [2.05, 4.69) is 14.5 Å². The second kappa shape index (κ2) is 7.66. The summed E-state index contributed by atoms with van der Waals surface area (Å²) in [6, 6.07) is 6.86. The molecule has 0 radical (unpaired) electrons. The highest BCUT2D eigenvalue weighted by Gasteiger charge is 2.38. The number of fused-ring (bicyclic) bond motifs is 2. The van der Waals surface area contributed by atoms with E-state index in [1.165, 1.54) is 11.3 Å². The predicted molar refractivity (Wildman–Crippen MR) is 127 cm³/mol. The summed E-state index contributed by atoms with van der Waals surface area (Å²) in [5.41, 5.74) is 3.26. The van der Waals surface area contributed by atoms with Crippen LogP contribution in [0.1, 0.15) is 60.2 Å². The zero-order chi connectivity index (χ0) is 23.7. The molecule has 9 heteroatoms. The van der Waals surface area contributed by atoms with Crippen molar-refractivity contribution in [3.05, 3.63) is 52.6 Å². The number of aromatic nitrogens is 4. The number of hydrogen-bond acceptors (Lipinski definition) is 5. The van der Waals surface area contributed by atoms with Crippen LogP contribution in [0.3, 0.4) is 0 Å². The Bertz CT molecular complexity index is 1460. The third-order valence-electron chi connectivity index (χ3n) is 6.72. The van der Waals surface area contributed by atoms with Crippen LogP contribution in [0, 0.1) is 6.92 Å². The third-order valence-corrected chi connectivity index (χ3v) is 7.64. The van der Waals surface area contributed by atoms with Gasteiger partial charge in [0, 0.05) is 35.7 Å². The second-order valence-corrected chi connectivity index (χ2v) is 10.4. The van der Waals surface area contributed by atoms with Crippen LogP contribution in [0.4, 0.5) is 8.78 Å². The molecule has 6 rings (SSSR count). The Morgan fingerprint density at radius 3 is 2.65 bits per heavy atom. The number of thiazole rings is 1. The Labute approximate surface area is 199 Å². The summed E-state index contributed by atoms with van der Waals surface area (Å²) in [4.78, 5) is 29.0. The lowest BCUT2D eigenvalue weighted by molar-refractivity contribution is -0.135. The number of pyridine rings is 1. The minimum Gasteiger partial charge on any atom is -0.338 e. The van der Waals surface area contributed by atoms with Crippen molar-refractivity contribution < 1.29 is 13.6 Å². The van der Waals surface area contributed by atoms with Crippen molar-refractivity contribution in [2.75, 3.05) is 7.05 Å². The van der Waals surface area contributed by atoms with Crippen LogP contribution in [-0.4, -0.2) is 37.4 Å². The first kappa shape index (κ1) is 21.3. The highest BCUT2D eigenvalue weighted by Crippen LogP contribution is 2.45. The average molecular weight is 480 g/mol. The second-order valence-electron chi connectivity index (χ2n) is 9.12. The van der Waals surface area contributed by atoms with Gasteiger partial charge in [0.15, 0.2) is 0 Å². The van der Waals surface area contributed by atoms with Crippen molar-refractivity contribution in [1.82, 2.24) is 24.4 Å². The van der Waals surface area contributed by atoms with E-state index in [9.17, 15) is 13.6 Å². The Hall–Kier alpha value is -3.20. The number of imidazole rings is 1. The van der Waals surface area contributed by atoms with E-state index >= 15 is 0 Å². The van der Waals surface area contributed by atoms with Gasteiger partial charge in [-0.05, 0) is 38.8 Å². The van der Waals surface area contributed by atoms with Gasteiger partial charge in [-0.1, -0.05) is 12.1 Å². The smallest absolute Gasteiger partial charge is 0.266 e. The van der Waals surface area contributed by atoms with Crippen molar-refractivity contribution >= 4 is 28.1 Å². The van der Waals surface area contributed by atoms with Crippen molar-refractivity contribution in [3.63, 3.8) is 0 Å². The van der Waals surface area contributed by atoms with E-state index in [4.69, 9.17) is 4.98 Å². The summed E-state index contributed by atoms with van der Waals surface area (Å²) in [6.45, 7) is 4.18. The minimum atomic E-state index is -2.68. The van der Waals surface area contributed by atoms with E-state index in [-0.39, 0.29) is 23.2 Å². The van der Waals surface area contributed by atoms with Gasteiger partial charge in [-0.3, -0.25) is 4.79 Å². The minimum absolute atomic E-state index is 0.0578. The van der Waals surface area contributed by atoms with Crippen molar-refractivity contribution in [2.45, 2.75) is 51.6 Å². The van der Waals surface area contributed by atoms with E-state index in [1.807, 2.05) is 32.0 Å². The average Bonchev–Trinajstić information content (AvgIpc) is 3.46. The lowest BCUT2D eigenvalue weighted by atomic mass is 10.00. The number of hydrogen-bond donors (Lipinski definition) is 0. The predicted octanol–water partition coefficient (Wildman–Crippen LogP) is 5.88. The molecule has 1 atom stereocenters. The molecular formula is C25H23F2N5OS. The van der Waals surface area contributed by atoms with Crippen molar-refractivity contribution in [3.8, 4) is 21.8 Å². The SMILES string of the molecule is Cc1ncc(-c2nc3cccc(-c4nc(C5CC5)n5c4CN(C)C(=O)[C@H]5C)c3cc2C(F)F)s1. The number of nitrogens with zero attached hydrogens (tertiary/aromatic N) is 5. The quantitative estimate of drug-likeness (QED) is 0.367. The largest absolute Gasteiger partial charge is 0.338 e. The first-order valence-corrected chi connectivity index (χ1v) is 12.2. The molecule has 0 spiro atoms. The van der Waals surface area contributed by atoms with Crippen molar-refractivity contribution in [2.24, 2.45) is 0 Å². The number of likely N-dealkylation sites (N-methyl/N-ethyl adjacent to an activating group) is 1. The molecule has 34 heavy (non-hydrogen) atoms. The summed E-state index contributed by atoms with van der Waals surface area (Å²) in [6.07, 6.45) is 1.03. The number of alkyl halides is 2. The molecule has 1 fully saturated rings. The molecule has 3 aromatic heterocycles. The van der Waals surface area contributed by atoms with E-state index in [0.717, 1.165) is 40.6 Å². The lowest BCUT2D eigenvalue weighted by Crippen LogP contribution is -2.39. The zero-order valence-electron chi connectivity index (χ0n) is 19.0. The maximum absolute atomic E-state index is 14.2. The van der Waals surface area contributed by atoms with Crippen molar-refractivity contribution in [1.29, 1.82) is 0 Å². The number of rotatable bonds is 4. The van der Waals surface area contributed by atoms with Crippen LogP contribution >= 0.6 is 11.3 Å². The van der Waals surface area contributed by atoms with E-state index in [0.29, 0.717) is 28.2 Å². The Morgan fingerprint density at radius 1 is 1.18 bits per heavy atom. The van der Waals surface area contributed by atoms with Gasteiger partial charge in [-0.15, -0.1) is 11.3 Å². The summed E-state index contributed by atoms with van der Waals surface area (Å²) in [7, 11) is 1.79. The first-order chi connectivity index (χ1) is 16.3. The van der Waals surface area contributed by atoms with Crippen LogP contribution in [-0.2, 0) is 11.3 Å². The molecule has 0 saturated heterocycles. The van der Waals surface area contributed by atoms with Gasteiger partial charge in [0.1, 0.15) is 11.9 Å². The molecule has 1 aromatic carbocycles. The van der Waals surface area contributed by atoms with Crippen LogP contribution in [0.15, 0.2) is 30.5 Å². The van der Waals surface area contributed by atoms with Crippen LogP contribution < -0.4 is 0 Å². The van der Waals surface area contributed by atoms with E-state index in [1.54, 1.807) is 24.2 Å². The molecule has 6 nitrogen and oxygen atoms in total. The number of benzene rings is 1. The fraction of sp³-hybridized carbons (Fsp3) is 0.360. The van der Waals surface area contributed by atoms with E-state index < -0.39 is 6.43 Å². The summed E-state index contributed by atoms with van der Waals surface area (Å²) >= 11 is 1.35. The fourth-order valence-electron chi connectivity index (χ4n) is 4.90. The van der Waals surface area contributed by atoms with Gasteiger partial charge in [0.25, 0.3) is 6.43 Å². The first-order valence-electron chi connectivity index (χ1n) is 11.3. The molecule has 174 valence electrons. The molecule has 1 saturated carbocycles. The third kappa shape index (κ3) is 3.25. The fourth-order valence-corrected chi connectivity index (χ4v) is 5.69. The molecule has 1 aliphatic heterocycles. The van der Waals surface area contributed by atoms with Gasteiger partial charge >= 0.3 is 0 Å². The van der Waals surface area contributed by atoms with Gasteiger partial charge in [0.2, 0.25) is 5.91 Å². The molecule has 1 amide bonds. The maximum atomic E-state index is 14.2. The summed E-state index contributed by atoms with van der Waals surface area (Å²) in [5.74, 6) is 1.33. The maximum Gasteiger partial charge on any atom is 0.266 e. The molecule has 0 unspecified atom stereocenters. The van der Waals surface area contributed by atoms with Crippen LogP contribution in [0.5, 0.6) is 0 Å². The monoisotopic (exact) mass is 479 g/mol. The Kier molecular flexibility index (Phi) is 4.81. The summed E-state index contributed by atoms with van der Waals surface area (Å²) in [5, 5.41) is 1.44. The molecule has 0 N–H and O–H groups in total. The van der Waals surface area contributed by atoms with Crippen LogP contribution in [0.25, 0.3) is 32.7 Å². The van der Waals surface area contributed by atoms with Gasteiger partial charge in [-0.2, -0.15) is 0 Å². The number of carbonyl (C=O) groups excluding carboxylic acids is 1. The number of carbonyl (C=O) groups is 1. The van der Waals surface area contributed by atoms with Crippen LogP contribution in [0.2, 0.25) is 0 Å². The molecule has 1 aliphatic carbocycles.